The maximum absolute atomic E-state index is 5.79. The highest BCUT2D eigenvalue weighted by atomic mass is 15.3. The molecular weight excluding hydrogens is 178 g/mol. The molecule has 0 unspecified atom stereocenters. The SMILES string of the molecule is Cn1nc(-c2ccccn2)c(N)c1N. The van der Waals surface area contributed by atoms with E-state index >= 15 is 0 Å². The second kappa shape index (κ2) is 3.02. The van der Waals surface area contributed by atoms with E-state index in [1.54, 1.807) is 17.9 Å². The largest absolute Gasteiger partial charge is 0.394 e. The van der Waals surface area contributed by atoms with Crippen LogP contribution in [0.2, 0.25) is 0 Å². The van der Waals surface area contributed by atoms with Gasteiger partial charge in [0, 0.05) is 13.2 Å². The highest BCUT2D eigenvalue weighted by Crippen LogP contribution is 2.26. The van der Waals surface area contributed by atoms with Crippen molar-refractivity contribution < 1.29 is 0 Å². The average molecular weight is 189 g/mol. The second-order valence-electron chi connectivity index (χ2n) is 2.99. The lowest BCUT2D eigenvalue weighted by molar-refractivity contribution is 0.781. The maximum Gasteiger partial charge on any atom is 0.145 e. The minimum Gasteiger partial charge on any atom is -0.394 e. The summed E-state index contributed by atoms with van der Waals surface area (Å²) in [5, 5.41) is 4.18. The minimum atomic E-state index is 0.464. The topological polar surface area (TPSA) is 82.8 Å². The number of nitrogens with two attached hydrogens (primary N) is 2. The van der Waals surface area contributed by atoms with Crippen LogP contribution < -0.4 is 11.5 Å². The average Bonchev–Trinajstić information content (AvgIpc) is 2.47. The number of nitrogen functional groups attached to an aromatic ring is 2. The van der Waals surface area contributed by atoms with Gasteiger partial charge in [0.25, 0.3) is 0 Å². The van der Waals surface area contributed by atoms with Gasteiger partial charge in [-0.05, 0) is 12.1 Å². The number of hydrogen-bond acceptors (Lipinski definition) is 4. The summed E-state index contributed by atoms with van der Waals surface area (Å²) in [5.41, 5.74) is 13.3. The molecule has 0 amide bonds. The van der Waals surface area contributed by atoms with Gasteiger partial charge in [0.15, 0.2) is 0 Å². The molecule has 0 atom stereocenters. The van der Waals surface area contributed by atoms with Gasteiger partial charge in [-0.3, -0.25) is 9.67 Å². The van der Waals surface area contributed by atoms with Crippen molar-refractivity contribution in [2.75, 3.05) is 11.5 Å². The summed E-state index contributed by atoms with van der Waals surface area (Å²) in [6.45, 7) is 0. The van der Waals surface area contributed by atoms with Crippen molar-refractivity contribution in [2.45, 2.75) is 0 Å². The minimum absolute atomic E-state index is 0.464. The van der Waals surface area contributed by atoms with Crippen LogP contribution in [0.15, 0.2) is 24.4 Å². The normalized spacial score (nSPS) is 10.4. The standard InChI is InChI=1S/C9H11N5/c1-14-9(11)7(10)8(13-14)6-4-2-3-5-12-6/h2-5H,10-11H2,1H3. The van der Waals surface area contributed by atoms with Crippen molar-refractivity contribution in [1.29, 1.82) is 0 Å². The molecule has 0 saturated carbocycles. The summed E-state index contributed by atoms with van der Waals surface area (Å²) in [5.74, 6) is 0.464. The number of hydrogen-bond donors (Lipinski definition) is 2. The molecule has 14 heavy (non-hydrogen) atoms. The Morgan fingerprint density at radius 1 is 1.29 bits per heavy atom. The fourth-order valence-corrected chi connectivity index (χ4v) is 1.25. The Morgan fingerprint density at radius 3 is 2.57 bits per heavy atom. The van der Waals surface area contributed by atoms with Crippen LogP contribution >= 0.6 is 0 Å². The van der Waals surface area contributed by atoms with Crippen molar-refractivity contribution in [3.8, 4) is 11.4 Å². The van der Waals surface area contributed by atoms with Gasteiger partial charge in [0.05, 0.1) is 5.69 Å². The summed E-state index contributed by atoms with van der Waals surface area (Å²) in [4.78, 5) is 4.15. The first-order valence-electron chi connectivity index (χ1n) is 4.19. The number of aryl methyl sites for hydroxylation is 1. The molecule has 0 fully saturated rings. The van der Waals surface area contributed by atoms with Gasteiger partial charge in [0.1, 0.15) is 17.2 Å². The summed E-state index contributed by atoms with van der Waals surface area (Å²) in [7, 11) is 1.75. The van der Waals surface area contributed by atoms with Crippen LogP contribution in [-0.2, 0) is 7.05 Å². The van der Waals surface area contributed by atoms with E-state index < -0.39 is 0 Å². The molecule has 4 N–H and O–H groups in total. The molecule has 0 aliphatic rings. The molecule has 0 aliphatic carbocycles. The van der Waals surface area contributed by atoms with Crippen LogP contribution in [0.4, 0.5) is 11.5 Å². The van der Waals surface area contributed by atoms with E-state index in [2.05, 4.69) is 10.1 Å². The van der Waals surface area contributed by atoms with E-state index in [0.29, 0.717) is 17.2 Å². The molecule has 2 rings (SSSR count). The van der Waals surface area contributed by atoms with E-state index in [0.717, 1.165) is 5.69 Å². The van der Waals surface area contributed by atoms with Gasteiger partial charge in [-0.2, -0.15) is 5.10 Å². The predicted molar refractivity (Wildman–Crippen MR) is 55.3 cm³/mol. The molecule has 0 aliphatic heterocycles. The van der Waals surface area contributed by atoms with Crippen LogP contribution in [-0.4, -0.2) is 14.8 Å². The van der Waals surface area contributed by atoms with Gasteiger partial charge < -0.3 is 11.5 Å². The first kappa shape index (κ1) is 8.55. The fourth-order valence-electron chi connectivity index (χ4n) is 1.25. The number of rotatable bonds is 1. The van der Waals surface area contributed by atoms with Gasteiger partial charge in [-0.1, -0.05) is 6.07 Å². The lowest BCUT2D eigenvalue weighted by Gasteiger charge is -1.95. The second-order valence-corrected chi connectivity index (χ2v) is 2.99. The lowest BCUT2D eigenvalue weighted by Crippen LogP contribution is -1.98. The third-order valence-electron chi connectivity index (χ3n) is 2.04. The van der Waals surface area contributed by atoms with E-state index in [4.69, 9.17) is 11.5 Å². The molecule has 5 nitrogen and oxygen atoms in total. The molecule has 0 spiro atoms. The van der Waals surface area contributed by atoms with Crippen molar-refractivity contribution >= 4 is 11.5 Å². The quantitative estimate of drug-likeness (QED) is 0.689. The molecule has 0 aromatic carbocycles. The molecular formula is C9H11N5. The molecule has 0 radical (unpaired) electrons. The van der Waals surface area contributed by atoms with E-state index in [9.17, 15) is 0 Å². The van der Waals surface area contributed by atoms with Crippen LogP contribution in [0, 0.1) is 0 Å². The Labute approximate surface area is 81.4 Å². The van der Waals surface area contributed by atoms with Crippen molar-refractivity contribution in [2.24, 2.45) is 7.05 Å². The van der Waals surface area contributed by atoms with Gasteiger partial charge in [0.2, 0.25) is 0 Å². The monoisotopic (exact) mass is 189 g/mol. The van der Waals surface area contributed by atoms with Gasteiger partial charge >= 0.3 is 0 Å². The zero-order valence-electron chi connectivity index (χ0n) is 7.81. The van der Waals surface area contributed by atoms with Crippen molar-refractivity contribution in [3.05, 3.63) is 24.4 Å². The van der Waals surface area contributed by atoms with E-state index in [1.807, 2.05) is 18.2 Å². The molecule has 0 bridgehead atoms. The molecule has 2 heterocycles. The Kier molecular flexibility index (Phi) is 1.85. The van der Waals surface area contributed by atoms with Gasteiger partial charge in [-0.15, -0.1) is 0 Å². The van der Waals surface area contributed by atoms with E-state index in [1.165, 1.54) is 0 Å². The predicted octanol–water partition coefficient (Wildman–Crippen LogP) is 0.647. The number of pyridine rings is 1. The third kappa shape index (κ3) is 1.19. The number of nitrogens with zero attached hydrogens (tertiary/aromatic N) is 3. The van der Waals surface area contributed by atoms with Gasteiger partial charge in [-0.25, -0.2) is 0 Å². The molecule has 5 heteroatoms. The van der Waals surface area contributed by atoms with E-state index in [-0.39, 0.29) is 0 Å². The lowest BCUT2D eigenvalue weighted by atomic mass is 10.2. The maximum atomic E-state index is 5.79. The Bertz CT molecular complexity index is 446. The van der Waals surface area contributed by atoms with Crippen molar-refractivity contribution in [3.63, 3.8) is 0 Å². The highest BCUT2D eigenvalue weighted by Gasteiger charge is 2.12. The first-order chi connectivity index (χ1) is 6.70. The first-order valence-corrected chi connectivity index (χ1v) is 4.19. The highest BCUT2D eigenvalue weighted by molar-refractivity contribution is 5.78. The Balaban J connectivity index is 2.58. The van der Waals surface area contributed by atoms with Crippen LogP contribution in [0.1, 0.15) is 0 Å². The number of anilines is 2. The fraction of sp³-hybridized carbons (Fsp3) is 0.111. The molecule has 72 valence electrons. The summed E-state index contributed by atoms with van der Waals surface area (Å²) >= 11 is 0. The smallest absolute Gasteiger partial charge is 0.145 e. The number of aromatic nitrogens is 3. The zero-order valence-corrected chi connectivity index (χ0v) is 7.81. The molecule has 2 aromatic rings. The third-order valence-corrected chi connectivity index (χ3v) is 2.04. The summed E-state index contributed by atoms with van der Waals surface area (Å²) in [6.07, 6.45) is 1.69. The Morgan fingerprint density at radius 2 is 2.07 bits per heavy atom. The van der Waals surface area contributed by atoms with Crippen LogP contribution in [0.25, 0.3) is 11.4 Å². The van der Waals surface area contributed by atoms with Crippen LogP contribution in [0.5, 0.6) is 0 Å². The summed E-state index contributed by atoms with van der Waals surface area (Å²) in [6, 6.07) is 5.57. The summed E-state index contributed by atoms with van der Waals surface area (Å²) < 4.78 is 1.54. The van der Waals surface area contributed by atoms with Crippen LogP contribution in [0.3, 0.4) is 0 Å². The zero-order chi connectivity index (χ0) is 10.1. The molecule has 0 saturated heterocycles. The molecule has 2 aromatic heterocycles. The Hall–Kier alpha value is -2.04. The van der Waals surface area contributed by atoms with Crippen molar-refractivity contribution in [1.82, 2.24) is 14.8 Å².